The molecule has 94 valence electrons. The van der Waals surface area contributed by atoms with Gasteiger partial charge < -0.3 is 10.5 Å². The van der Waals surface area contributed by atoms with E-state index in [1.54, 1.807) is 7.05 Å². The largest absolute Gasteiger partial charge is 0.392 e. The summed E-state index contributed by atoms with van der Waals surface area (Å²) in [6.45, 7) is 1.95. The van der Waals surface area contributed by atoms with E-state index in [2.05, 4.69) is 12.2 Å². The average Bonchev–Trinajstić information content (AvgIpc) is 2.17. The molecule has 0 bridgehead atoms. The monoisotopic (exact) mass is 266 g/mol. The molecular weight excluding hydrogens is 248 g/mol. The summed E-state index contributed by atoms with van der Waals surface area (Å²) < 4.78 is 30.1. The van der Waals surface area contributed by atoms with Crippen LogP contribution in [-0.4, -0.2) is 50.3 Å². The highest BCUT2D eigenvalue weighted by Gasteiger charge is 2.23. The number of hydrogen-bond donors (Lipinski definition) is 1. The molecule has 0 aromatic rings. The summed E-state index contributed by atoms with van der Waals surface area (Å²) in [5, 5.41) is 0. The van der Waals surface area contributed by atoms with E-state index in [1.165, 1.54) is 4.31 Å². The Morgan fingerprint density at radius 1 is 1.50 bits per heavy atom. The van der Waals surface area contributed by atoms with Crippen LogP contribution in [0.15, 0.2) is 0 Å². The minimum atomic E-state index is -3.33. The predicted molar refractivity (Wildman–Crippen MR) is 66.7 cm³/mol. The van der Waals surface area contributed by atoms with Crippen LogP contribution in [0.4, 0.5) is 0 Å². The minimum absolute atomic E-state index is 0.0128. The van der Waals surface area contributed by atoms with E-state index in [9.17, 15) is 8.42 Å². The molecule has 1 fully saturated rings. The van der Waals surface area contributed by atoms with E-state index in [1.807, 2.05) is 0 Å². The molecule has 0 aliphatic carbocycles. The molecule has 16 heavy (non-hydrogen) atoms. The quantitative estimate of drug-likeness (QED) is 0.707. The van der Waals surface area contributed by atoms with Gasteiger partial charge in [0.05, 0.1) is 4.99 Å². The second-order valence-electron chi connectivity index (χ2n) is 4.06. The summed E-state index contributed by atoms with van der Waals surface area (Å²) in [6.07, 6.45) is 1.82. The molecule has 0 saturated carbocycles. The van der Waals surface area contributed by atoms with Crippen LogP contribution in [0.2, 0.25) is 0 Å². The van der Waals surface area contributed by atoms with Gasteiger partial charge in [-0.15, -0.1) is 0 Å². The third kappa shape index (κ3) is 4.32. The molecule has 0 aromatic heterocycles. The number of hydrogen-bond acceptors (Lipinski definition) is 4. The van der Waals surface area contributed by atoms with Crippen LogP contribution in [-0.2, 0) is 14.8 Å². The van der Waals surface area contributed by atoms with Gasteiger partial charge in [-0.2, -0.15) is 0 Å². The zero-order chi connectivity index (χ0) is 12.2. The van der Waals surface area contributed by atoms with E-state index >= 15 is 0 Å². The zero-order valence-corrected chi connectivity index (χ0v) is 11.0. The number of ether oxygens (including phenoxy) is 1. The Hall–Kier alpha value is -0.240. The molecule has 1 heterocycles. The topological polar surface area (TPSA) is 72.6 Å². The Labute approximate surface area is 102 Å². The van der Waals surface area contributed by atoms with Gasteiger partial charge in [0.1, 0.15) is 5.75 Å². The third-order valence-electron chi connectivity index (χ3n) is 2.66. The summed E-state index contributed by atoms with van der Waals surface area (Å²) >= 11 is 4.62. The normalized spacial score (nSPS) is 18.9. The first kappa shape index (κ1) is 13.8. The molecule has 1 rings (SSSR count). The number of nitrogens with two attached hydrogens (primary N) is 1. The van der Waals surface area contributed by atoms with Crippen LogP contribution in [0.1, 0.15) is 12.8 Å². The second kappa shape index (κ2) is 5.90. The van der Waals surface area contributed by atoms with Crippen molar-refractivity contribution >= 4 is 27.2 Å². The van der Waals surface area contributed by atoms with Gasteiger partial charge in [-0.25, -0.2) is 12.7 Å². The van der Waals surface area contributed by atoms with Crippen LogP contribution >= 0.6 is 12.2 Å². The molecule has 1 aliphatic rings. The Morgan fingerprint density at radius 3 is 2.56 bits per heavy atom. The highest BCUT2D eigenvalue weighted by molar-refractivity contribution is 7.92. The SMILES string of the molecule is CN(CC1CCOCC1)S(=O)(=O)CC(N)=S. The first-order valence-electron chi connectivity index (χ1n) is 5.22. The highest BCUT2D eigenvalue weighted by Crippen LogP contribution is 2.16. The summed E-state index contributed by atoms with van der Waals surface area (Å²) in [4.78, 5) is 0.0128. The smallest absolute Gasteiger partial charge is 0.220 e. The molecule has 0 aromatic carbocycles. The lowest BCUT2D eigenvalue weighted by Crippen LogP contribution is -2.38. The van der Waals surface area contributed by atoms with Gasteiger partial charge in [0, 0.05) is 26.8 Å². The van der Waals surface area contributed by atoms with E-state index in [0.717, 1.165) is 12.8 Å². The van der Waals surface area contributed by atoms with Gasteiger partial charge >= 0.3 is 0 Å². The van der Waals surface area contributed by atoms with Crippen molar-refractivity contribution in [2.45, 2.75) is 12.8 Å². The van der Waals surface area contributed by atoms with Gasteiger partial charge in [0.15, 0.2) is 0 Å². The second-order valence-corrected chi connectivity index (χ2v) is 6.66. The molecule has 0 unspecified atom stereocenters. The standard InChI is InChI=1S/C9H18N2O3S2/c1-11(16(12,13)7-9(10)15)6-8-2-4-14-5-3-8/h8H,2-7H2,1H3,(H2,10,15). The van der Waals surface area contributed by atoms with E-state index in [4.69, 9.17) is 10.5 Å². The van der Waals surface area contributed by atoms with Crippen LogP contribution < -0.4 is 5.73 Å². The molecular formula is C9H18N2O3S2. The van der Waals surface area contributed by atoms with Crippen LogP contribution in [0, 0.1) is 5.92 Å². The van der Waals surface area contributed by atoms with Gasteiger partial charge in [-0.1, -0.05) is 12.2 Å². The van der Waals surface area contributed by atoms with Crippen molar-refractivity contribution in [1.29, 1.82) is 0 Å². The fourth-order valence-corrected chi connectivity index (χ4v) is 3.16. The number of thiocarbonyl (C=S) groups is 1. The van der Waals surface area contributed by atoms with Crippen LogP contribution in [0.25, 0.3) is 0 Å². The molecule has 7 heteroatoms. The van der Waals surface area contributed by atoms with Crippen LogP contribution in [0.3, 0.4) is 0 Å². The zero-order valence-electron chi connectivity index (χ0n) is 9.39. The molecule has 0 radical (unpaired) electrons. The average molecular weight is 266 g/mol. The molecule has 2 N–H and O–H groups in total. The Bertz CT molecular complexity index is 337. The maximum Gasteiger partial charge on any atom is 0.220 e. The van der Waals surface area contributed by atoms with Crippen molar-refractivity contribution < 1.29 is 13.2 Å². The van der Waals surface area contributed by atoms with E-state index in [-0.39, 0.29) is 10.7 Å². The van der Waals surface area contributed by atoms with E-state index in [0.29, 0.717) is 25.7 Å². The van der Waals surface area contributed by atoms with Crippen molar-refractivity contribution in [3.63, 3.8) is 0 Å². The number of sulfonamides is 1. The molecule has 0 amide bonds. The van der Waals surface area contributed by atoms with Crippen molar-refractivity contribution in [3.05, 3.63) is 0 Å². The first-order valence-corrected chi connectivity index (χ1v) is 7.23. The Morgan fingerprint density at radius 2 is 2.06 bits per heavy atom. The van der Waals surface area contributed by atoms with Gasteiger partial charge in [-0.05, 0) is 18.8 Å². The molecule has 0 atom stereocenters. The Kier molecular flexibility index (Phi) is 5.10. The van der Waals surface area contributed by atoms with Crippen molar-refractivity contribution in [2.75, 3.05) is 32.6 Å². The first-order chi connectivity index (χ1) is 7.42. The molecule has 0 spiro atoms. The van der Waals surface area contributed by atoms with E-state index < -0.39 is 10.0 Å². The lowest BCUT2D eigenvalue weighted by atomic mass is 10.0. The van der Waals surface area contributed by atoms with Gasteiger partial charge in [-0.3, -0.25) is 0 Å². The molecule has 1 aliphatic heterocycles. The lowest BCUT2D eigenvalue weighted by molar-refractivity contribution is 0.0620. The number of nitrogens with zero attached hydrogens (tertiary/aromatic N) is 1. The fourth-order valence-electron chi connectivity index (χ4n) is 1.70. The number of rotatable bonds is 5. The third-order valence-corrected chi connectivity index (χ3v) is 4.76. The predicted octanol–water partition coefficient (Wildman–Crippen LogP) is -0.0393. The summed E-state index contributed by atoms with van der Waals surface area (Å²) in [5.74, 6) is 0.127. The molecule has 1 saturated heterocycles. The minimum Gasteiger partial charge on any atom is -0.392 e. The van der Waals surface area contributed by atoms with Crippen molar-refractivity contribution in [2.24, 2.45) is 11.7 Å². The van der Waals surface area contributed by atoms with Gasteiger partial charge in [0.2, 0.25) is 10.0 Å². The molecule has 5 nitrogen and oxygen atoms in total. The highest BCUT2D eigenvalue weighted by atomic mass is 32.2. The maximum absolute atomic E-state index is 11.7. The Balaban J connectivity index is 2.49. The van der Waals surface area contributed by atoms with Crippen LogP contribution in [0.5, 0.6) is 0 Å². The summed E-state index contributed by atoms with van der Waals surface area (Å²) in [5.41, 5.74) is 5.26. The summed E-state index contributed by atoms with van der Waals surface area (Å²) in [6, 6.07) is 0. The maximum atomic E-state index is 11.7. The summed E-state index contributed by atoms with van der Waals surface area (Å²) in [7, 11) is -1.76. The van der Waals surface area contributed by atoms with Crippen molar-refractivity contribution in [3.8, 4) is 0 Å². The fraction of sp³-hybridized carbons (Fsp3) is 0.889. The lowest BCUT2D eigenvalue weighted by Gasteiger charge is -2.26. The van der Waals surface area contributed by atoms with Gasteiger partial charge in [0.25, 0.3) is 0 Å². The van der Waals surface area contributed by atoms with Crippen molar-refractivity contribution in [1.82, 2.24) is 4.31 Å².